The highest BCUT2D eigenvalue weighted by molar-refractivity contribution is 7.98. The third-order valence-corrected chi connectivity index (χ3v) is 4.51. The van der Waals surface area contributed by atoms with Gasteiger partial charge in [-0.2, -0.15) is 0 Å². The lowest BCUT2D eigenvalue weighted by molar-refractivity contribution is -0.114. The molecule has 1 aromatic carbocycles. The molecule has 0 bridgehead atoms. The van der Waals surface area contributed by atoms with Crippen LogP contribution in [0.25, 0.3) is 5.65 Å². The van der Waals surface area contributed by atoms with Gasteiger partial charge < -0.3 is 5.32 Å². The Labute approximate surface area is 147 Å². The number of carbonyl (C=O) groups is 1. The van der Waals surface area contributed by atoms with Gasteiger partial charge in [-0.15, -0.1) is 11.8 Å². The van der Waals surface area contributed by atoms with E-state index in [0.717, 1.165) is 10.6 Å². The molecule has 0 unspecified atom stereocenters. The molecule has 2 heterocycles. The average Bonchev–Trinajstić information content (AvgIpc) is 2.54. The number of anilines is 1. The van der Waals surface area contributed by atoms with E-state index in [4.69, 9.17) is 11.6 Å². The molecule has 0 spiro atoms. The Balaban J connectivity index is 1.74. The summed E-state index contributed by atoms with van der Waals surface area (Å²) < 4.78 is 1.43. The maximum absolute atomic E-state index is 12.1. The SMILES string of the molecule is CC(=O)Nc1ccc(SCc2cc(=O)n3cc(Cl)ccc3n2)cc1. The quantitative estimate of drug-likeness (QED) is 0.723. The standard InChI is InChI=1S/C17H14ClN3O2S/c1-11(22)19-13-3-5-15(6-4-13)24-10-14-8-17(23)21-9-12(18)2-7-16(21)20-14/h2-9H,10H2,1H3,(H,19,22). The minimum absolute atomic E-state index is 0.101. The van der Waals surface area contributed by atoms with Gasteiger partial charge in [0.05, 0.1) is 10.7 Å². The first-order chi connectivity index (χ1) is 11.5. The first-order valence-electron chi connectivity index (χ1n) is 7.19. The summed E-state index contributed by atoms with van der Waals surface area (Å²) in [4.78, 5) is 28.6. The van der Waals surface area contributed by atoms with Crippen LogP contribution >= 0.6 is 23.4 Å². The lowest BCUT2D eigenvalue weighted by atomic mass is 10.3. The fourth-order valence-corrected chi connectivity index (χ4v) is 3.15. The summed E-state index contributed by atoms with van der Waals surface area (Å²) in [6.07, 6.45) is 1.56. The summed E-state index contributed by atoms with van der Waals surface area (Å²) >= 11 is 7.47. The molecule has 0 radical (unpaired) electrons. The van der Waals surface area contributed by atoms with E-state index < -0.39 is 0 Å². The van der Waals surface area contributed by atoms with E-state index in [-0.39, 0.29) is 11.5 Å². The van der Waals surface area contributed by atoms with Crippen LogP contribution in [0.1, 0.15) is 12.6 Å². The van der Waals surface area contributed by atoms with E-state index in [1.807, 2.05) is 24.3 Å². The van der Waals surface area contributed by atoms with Gasteiger partial charge in [0.2, 0.25) is 5.91 Å². The molecule has 0 aliphatic rings. The van der Waals surface area contributed by atoms with Crippen LogP contribution in [0.4, 0.5) is 5.69 Å². The molecule has 0 aliphatic heterocycles. The van der Waals surface area contributed by atoms with Crippen molar-refractivity contribution in [2.45, 2.75) is 17.6 Å². The van der Waals surface area contributed by atoms with E-state index in [2.05, 4.69) is 10.3 Å². The predicted octanol–water partition coefficient (Wildman–Crippen LogP) is 3.60. The summed E-state index contributed by atoms with van der Waals surface area (Å²) in [6, 6.07) is 12.5. The number of hydrogen-bond donors (Lipinski definition) is 1. The summed E-state index contributed by atoms with van der Waals surface area (Å²) in [7, 11) is 0. The van der Waals surface area contributed by atoms with Gasteiger partial charge in [-0.3, -0.25) is 14.0 Å². The van der Waals surface area contributed by atoms with Crippen LogP contribution in [0.5, 0.6) is 0 Å². The molecule has 3 rings (SSSR count). The van der Waals surface area contributed by atoms with Gasteiger partial charge in [0.15, 0.2) is 0 Å². The predicted molar refractivity (Wildman–Crippen MR) is 96.8 cm³/mol. The van der Waals surface area contributed by atoms with Gasteiger partial charge in [0.25, 0.3) is 5.56 Å². The first-order valence-corrected chi connectivity index (χ1v) is 8.56. The molecule has 0 atom stereocenters. The highest BCUT2D eigenvalue weighted by atomic mass is 35.5. The number of pyridine rings is 1. The van der Waals surface area contributed by atoms with Crippen molar-refractivity contribution < 1.29 is 4.79 Å². The second-order valence-electron chi connectivity index (χ2n) is 5.16. The van der Waals surface area contributed by atoms with E-state index in [1.165, 1.54) is 17.4 Å². The summed E-state index contributed by atoms with van der Waals surface area (Å²) in [5, 5.41) is 3.22. The highest BCUT2D eigenvalue weighted by Crippen LogP contribution is 2.23. The lowest BCUT2D eigenvalue weighted by Crippen LogP contribution is -2.15. The van der Waals surface area contributed by atoms with Crippen molar-refractivity contribution in [3.05, 3.63) is 69.7 Å². The molecule has 0 saturated carbocycles. The number of halogens is 1. The maximum atomic E-state index is 12.1. The largest absolute Gasteiger partial charge is 0.326 e. The summed E-state index contributed by atoms with van der Waals surface area (Å²) in [6.45, 7) is 1.47. The van der Waals surface area contributed by atoms with Crippen molar-refractivity contribution in [3.63, 3.8) is 0 Å². The van der Waals surface area contributed by atoms with Crippen molar-refractivity contribution >= 4 is 40.6 Å². The van der Waals surface area contributed by atoms with Crippen molar-refractivity contribution in [2.75, 3.05) is 5.32 Å². The smallest absolute Gasteiger partial charge is 0.258 e. The van der Waals surface area contributed by atoms with Crippen LogP contribution in [0.15, 0.2) is 58.4 Å². The van der Waals surface area contributed by atoms with Crippen molar-refractivity contribution in [1.82, 2.24) is 9.38 Å². The van der Waals surface area contributed by atoms with Gasteiger partial charge >= 0.3 is 0 Å². The monoisotopic (exact) mass is 359 g/mol. The molecule has 2 aromatic heterocycles. The Hall–Kier alpha value is -2.31. The topological polar surface area (TPSA) is 63.5 Å². The Morgan fingerprint density at radius 1 is 1.25 bits per heavy atom. The summed E-state index contributed by atoms with van der Waals surface area (Å²) in [5.41, 5.74) is 1.88. The zero-order valence-corrected chi connectivity index (χ0v) is 14.4. The van der Waals surface area contributed by atoms with E-state index in [9.17, 15) is 9.59 Å². The van der Waals surface area contributed by atoms with Gasteiger partial charge in [-0.25, -0.2) is 4.98 Å². The Morgan fingerprint density at radius 2 is 2.00 bits per heavy atom. The lowest BCUT2D eigenvalue weighted by Gasteiger charge is -2.06. The zero-order chi connectivity index (χ0) is 17.1. The minimum atomic E-state index is -0.154. The number of amides is 1. The van der Waals surface area contributed by atoms with Crippen LogP contribution in [0, 0.1) is 0 Å². The normalized spacial score (nSPS) is 10.8. The fraction of sp³-hybridized carbons (Fsp3) is 0.118. The van der Waals surface area contributed by atoms with E-state index >= 15 is 0 Å². The number of carbonyl (C=O) groups excluding carboxylic acids is 1. The number of nitrogens with zero attached hydrogens (tertiary/aromatic N) is 2. The Kier molecular flexibility index (Phi) is 4.87. The van der Waals surface area contributed by atoms with Crippen LogP contribution in [0.3, 0.4) is 0 Å². The number of thioether (sulfide) groups is 1. The third-order valence-electron chi connectivity index (χ3n) is 3.24. The van der Waals surface area contributed by atoms with Crippen molar-refractivity contribution in [2.24, 2.45) is 0 Å². The number of hydrogen-bond acceptors (Lipinski definition) is 4. The number of nitrogens with one attached hydrogen (secondary N) is 1. The molecule has 5 nitrogen and oxygen atoms in total. The van der Waals surface area contributed by atoms with Crippen molar-refractivity contribution in [3.8, 4) is 0 Å². The molecule has 122 valence electrons. The van der Waals surface area contributed by atoms with Crippen LogP contribution in [-0.4, -0.2) is 15.3 Å². The number of fused-ring (bicyclic) bond motifs is 1. The number of rotatable bonds is 4. The molecule has 24 heavy (non-hydrogen) atoms. The van der Waals surface area contributed by atoms with E-state index in [0.29, 0.717) is 22.1 Å². The zero-order valence-electron chi connectivity index (χ0n) is 12.8. The molecule has 3 aromatic rings. The van der Waals surface area contributed by atoms with Gasteiger partial charge in [-0.1, -0.05) is 11.6 Å². The highest BCUT2D eigenvalue weighted by Gasteiger charge is 2.04. The van der Waals surface area contributed by atoms with Crippen molar-refractivity contribution in [1.29, 1.82) is 0 Å². The molecule has 1 amide bonds. The second-order valence-corrected chi connectivity index (χ2v) is 6.64. The van der Waals surface area contributed by atoms with Gasteiger partial charge in [-0.05, 0) is 36.4 Å². The van der Waals surface area contributed by atoms with Gasteiger partial charge in [0.1, 0.15) is 5.65 Å². The van der Waals surface area contributed by atoms with Crippen LogP contribution < -0.4 is 10.9 Å². The summed E-state index contributed by atoms with van der Waals surface area (Å²) in [5.74, 6) is 0.477. The Morgan fingerprint density at radius 3 is 2.71 bits per heavy atom. The van der Waals surface area contributed by atoms with Gasteiger partial charge in [0, 0.05) is 35.5 Å². The molecule has 0 saturated heterocycles. The average molecular weight is 360 g/mol. The third kappa shape index (κ3) is 3.96. The number of aromatic nitrogens is 2. The van der Waals surface area contributed by atoms with Crippen LogP contribution in [-0.2, 0) is 10.5 Å². The molecule has 7 heteroatoms. The molecular weight excluding hydrogens is 346 g/mol. The first kappa shape index (κ1) is 16.5. The van der Waals surface area contributed by atoms with E-state index in [1.54, 1.807) is 30.1 Å². The minimum Gasteiger partial charge on any atom is -0.326 e. The molecule has 0 aliphatic carbocycles. The molecule has 0 fully saturated rings. The maximum Gasteiger partial charge on any atom is 0.258 e. The fourth-order valence-electron chi connectivity index (χ4n) is 2.20. The second kappa shape index (κ2) is 7.07. The molecule has 1 N–H and O–H groups in total. The molecular formula is C17H14ClN3O2S. The number of benzene rings is 1. The van der Waals surface area contributed by atoms with Crippen LogP contribution in [0.2, 0.25) is 5.02 Å². The Bertz CT molecular complexity index is 954.